The summed E-state index contributed by atoms with van der Waals surface area (Å²) in [5, 5.41) is 9.02. The van der Waals surface area contributed by atoms with E-state index < -0.39 is 0 Å². The minimum atomic E-state index is 0.537. The molecule has 5 nitrogen and oxygen atoms in total. The van der Waals surface area contributed by atoms with Crippen molar-refractivity contribution in [3.05, 3.63) is 194 Å². The minimum Gasteiger partial charge on any atom is -0.455 e. The van der Waals surface area contributed by atoms with Gasteiger partial charge in [0.15, 0.2) is 17.5 Å². The van der Waals surface area contributed by atoms with Gasteiger partial charge in [-0.2, -0.15) is 0 Å². The first-order chi connectivity index (χ1) is 28.7. The van der Waals surface area contributed by atoms with E-state index in [0.717, 1.165) is 77.2 Å². The van der Waals surface area contributed by atoms with E-state index in [-0.39, 0.29) is 0 Å². The van der Waals surface area contributed by atoms with Crippen molar-refractivity contribution in [2.75, 3.05) is 0 Å². The molecule has 12 rings (SSSR count). The van der Waals surface area contributed by atoms with Crippen molar-refractivity contribution in [3.8, 4) is 51.0 Å². The van der Waals surface area contributed by atoms with E-state index in [4.69, 9.17) is 19.4 Å². The number of nitrogens with zero attached hydrogens (tertiary/aromatic N) is 4. The second kappa shape index (κ2) is 12.8. The maximum Gasteiger partial charge on any atom is 0.167 e. The molecular weight excluding hydrogens is 709 g/mol. The zero-order chi connectivity index (χ0) is 38.2. The van der Waals surface area contributed by atoms with Crippen molar-refractivity contribution in [3.63, 3.8) is 0 Å². The normalized spacial score (nSPS) is 11.8. The van der Waals surface area contributed by atoms with Gasteiger partial charge in [0.2, 0.25) is 0 Å². The fraction of sp³-hybridized carbons (Fsp3) is 0. The number of hydrogen-bond acceptors (Lipinski definition) is 4. The third-order valence-corrected chi connectivity index (χ3v) is 11.4. The Morgan fingerprint density at radius 3 is 1.83 bits per heavy atom. The van der Waals surface area contributed by atoms with Gasteiger partial charge in [0.25, 0.3) is 0 Å². The molecule has 0 fully saturated rings. The summed E-state index contributed by atoms with van der Waals surface area (Å²) in [5.41, 5.74) is 9.63. The maximum absolute atomic E-state index is 6.77. The van der Waals surface area contributed by atoms with Crippen molar-refractivity contribution in [2.45, 2.75) is 0 Å². The van der Waals surface area contributed by atoms with Crippen LogP contribution in [0.25, 0.3) is 116 Å². The van der Waals surface area contributed by atoms with E-state index in [1.807, 2.05) is 18.2 Å². The van der Waals surface area contributed by atoms with Crippen LogP contribution in [0, 0.1) is 0 Å². The predicted molar refractivity (Wildman–Crippen MR) is 238 cm³/mol. The molecule has 3 aromatic heterocycles. The third kappa shape index (κ3) is 5.14. The predicted octanol–water partition coefficient (Wildman–Crippen LogP) is 13.8. The van der Waals surface area contributed by atoms with Gasteiger partial charge in [0.1, 0.15) is 11.2 Å². The molecule has 0 radical (unpaired) electrons. The highest BCUT2D eigenvalue weighted by Gasteiger charge is 2.22. The summed E-state index contributed by atoms with van der Waals surface area (Å²) >= 11 is 0. The Morgan fingerprint density at radius 1 is 0.345 bits per heavy atom. The summed E-state index contributed by atoms with van der Waals surface area (Å²) in [6.07, 6.45) is 0. The first-order valence-corrected chi connectivity index (χ1v) is 19.5. The third-order valence-electron chi connectivity index (χ3n) is 11.4. The van der Waals surface area contributed by atoms with Gasteiger partial charge in [-0.05, 0) is 75.1 Å². The highest BCUT2D eigenvalue weighted by atomic mass is 16.3. The van der Waals surface area contributed by atoms with Gasteiger partial charge in [-0.1, -0.05) is 152 Å². The standard InChI is InChI=1S/C53H32N4O/c1-2-14-33(15-3-1)35-20-12-21-38(28-35)51-54-52(43-25-13-19-34-16-6-7-22-40(34)43)56-53(55-51)46-32-39(31-45-42-24-9-11-27-49(42)58-50(45)46)57-47-26-10-8-23-41(47)44-29-36-17-4-5-18-37(36)30-48(44)57/h1-32H. The van der Waals surface area contributed by atoms with Crippen LogP contribution < -0.4 is 0 Å². The molecule has 0 aliphatic carbocycles. The van der Waals surface area contributed by atoms with E-state index in [0.29, 0.717) is 17.5 Å². The van der Waals surface area contributed by atoms with E-state index in [9.17, 15) is 0 Å². The number of fused-ring (bicyclic) bond motifs is 8. The Bertz CT molecular complexity index is 3580. The van der Waals surface area contributed by atoms with E-state index in [1.165, 1.54) is 21.5 Å². The lowest BCUT2D eigenvalue weighted by molar-refractivity contribution is 0.669. The van der Waals surface area contributed by atoms with Crippen LogP contribution in [0.2, 0.25) is 0 Å². The van der Waals surface area contributed by atoms with Gasteiger partial charge in [0, 0.05) is 38.4 Å². The fourth-order valence-corrected chi connectivity index (χ4v) is 8.68. The summed E-state index contributed by atoms with van der Waals surface area (Å²) in [6.45, 7) is 0. The smallest absolute Gasteiger partial charge is 0.167 e. The maximum atomic E-state index is 6.77. The van der Waals surface area contributed by atoms with E-state index >= 15 is 0 Å². The van der Waals surface area contributed by atoms with Gasteiger partial charge in [-0.15, -0.1) is 0 Å². The monoisotopic (exact) mass is 740 g/mol. The Morgan fingerprint density at radius 2 is 0.966 bits per heavy atom. The second-order valence-electron chi connectivity index (χ2n) is 14.8. The highest BCUT2D eigenvalue weighted by molar-refractivity contribution is 6.15. The number of benzene rings is 9. The molecule has 0 aliphatic rings. The summed E-state index contributed by atoms with van der Waals surface area (Å²) < 4.78 is 9.15. The first-order valence-electron chi connectivity index (χ1n) is 19.5. The quantitative estimate of drug-likeness (QED) is 0.176. The van der Waals surface area contributed by atoms with Crippen LogP contribution in [0.1, 0.15) is 0 Å². The molecule has 3 heterocycles. The minimum absolute atomic E-state index is 0.537. The molecule has 12 aromatic rings. The van der Waals surface area contributed by atoms with Gasteiger partial charge in [0.05, 0.1) is 16.6 Å². The van der Waals surface area contributed by atoms with Crippen molar-refractivity contribution >= 4 is 65.3 Å². The molecule has 270 valence electrons. The second-order valence-corrected chi connectivity index (χ2v) is 14.8. The molecular formula is C53H32N4O. The van der Waals surface area contributed by atoms with Gasteiger partial charge < -0.3 is 8.98 Å². The SMILES string of the molecule is c1ccc(-c2cccc(-c3nc(-c4cccc5ccccc45)nc(-c4cc(-n5c6ccccc6c6cc7ccccc7cc65)cc5c4oc4ccccc45)n3)c2)cc1. The molecule has 0 saturated carbocycles. The molecule has 0 bridgehead atoms. The van der Waals surface area contributed by atoms with E-state index in [2.05, 4.69) is 180 Å². The van der Waals surface area contributed by atoms with Crippen molar-refractivity contribution < 1.29 is 4.42 Å². The topological polar surface area (TPSA) is 56.7 Å². The van der Waals surface area contributed by atoms with Crippen molar-refractivity contribution in [1.29, 1.82) is 0 Å². The van der Waals surface area contributed by atoms with Crippen molar-refractivity contribution in [2.24, 2.45) is 0 Å². The molecule has 0 N–H and O–H groups in total. The van der Waals surface area contributed by atoms with Crippen LogP contribution in [-0.2, 0) is 0 Å². The number of furan rings is 1. The first kappa shape index (κ1) is 32.4. The van der Waals surface area contributed by atoms with Crippen molar-refractivity contribution in [1.82, 2.24) is 19.5 Å². The molecule has 9 aromatic carbocycles. The van der Waals surface area contributed by atoms with E-state index in [1.54, 1.807) is 0 Å². The van der Waals surface area contributed by atoms with Gasteiger partial charge >= 0.3 is 0 Å². The Labute approximate surface area is 333 Å². The average molecular weight is 741 g/mol. The number of hydrogen-bond donors (Lipinski definition) is 0. The largest absolute Gasteiger partial charge is 0.455 e. The summed E-state index contributed by atoms with van der Waals surface area (Å²) in [7, 11) is 0. The lowest BCUT2D eigenvalue weighted by Gasteiger charge is -2.13. The zero-order valence-electron chi connectivity index (χ0n) is 31.2. The lowest BCUT2D eigenvalue weighted by Crippen LogP contribution is -2.02. The zero-order valence-corrected chi connectivity index (χ0v) is 31.2. The molecule has 5 heteroatoms. The van der Waals surface area contributed by atoms with Crippen LogP contribution in [0.4, 0.5) is 0 Å². The molecule has 0 amide bonds. The Kier molecular flexibility index (Phi) is 7.16. The van der Waals surface area contributed by atoms with Gasteiger partial charge in [-0.25, -0.2) is 15.0 Å². The Balaban J connectivity index is 1.17. The summed E-state index contributed by atoms with van der Waals surface area (Å²) in [4.78, 5) is 15.9. The highest BCUT2D eigenvalue weighted by Crippen LogP contribution is 2.41. The molecule has 0 spiro atoms. The Hall–Kier alpha value is -7.89. The summed E-state index contributed by atoms with van der Waals surface area (Å²) in [5.74, 6) is 1.72. The number of para-hydroxylation sites is 2. The van der Waals surface area contributed by atoms with Crippen LogP contribution in [0.5, 0.6) is 0 Å². The number of rotatable bonds is 5. The van der Waals surface area contributed by atoms with Gasteiger partial charge in [-0.3, -0.25) is 0 Å². The number of aromatic nitrogens is 4. The van der Waals surface area contributed by atoms with Crippen LogP contribution in [0.15, 0.2) is 199 Å². The molecule has 0 aliphatic heterocycles. The van der Waals surface area contributed by atoms with Crippen LogP contribution >= 0.6 is 0 Å². The van der Waals surface area contributed by atoms with Crippen LogP contribution in [0.3, 0.4) is 0 Å². The lowest BCUT2D eigenvalue weighted by atomic mass is 10.0. The molecule has 58 heavy (non-hydrogen) atoms. The summed E-state index contributed by atoms with van der Waals surface area (Å²) in [6, 6.07) is 68.1. The molecule has 0 atom stereocenters. The van der Waals surface area contributed by atoms with Crippen LogP contribution in [-0.4, -0.2) is 19.5 Å². The average Bonchev–Trinajstić information content (AvgIpc) is 3.83. The molecule has 0 unspecified atom stereocenters. The fourth-order valence-electron chi connectivity index (χ4n) is 8.68. The molecule has 0 saturated heterocycles.